The smallest absolute Gasteiger partial charge is 0.253 e. The van der Waals surface area contributed by atoms with Crippen molar-refractivity contribution in [2.45, 2.75) is 25.4 Å². The predicted molar refractivity (Wildman–Crippen MR) is 98.7 cm³/mol. The molecule has 24 heavy (non-hydrogen) atoms. The quantitative estimate of drug-likeness (QED) is 0.874. The van der Waals surface area contributed by atoms with Crippen LogP contribution in [0, 0.1) is 0 Å². The van der Waals surface area contributed by atoms with E-state index in [0.717, 1.165) is 32.5 Å². The van der Waals surface area contributed by atoms with Crippen LogP contribution < -0.4 is 5.32 Å². The number of piperidine rings is 1. The third-order valence-electron chi connectivity index (χ3n) is 4.27. The van der Waals surface area contributed by atoms with E-state index < -0.39 is 0 Å². The average Bonchev–Trinajstić information content (AvgIpc) is 2.56. The summed E-state index contributed by atoms with van der Waals surface area (Å²) in [4.78, 5) is 14.8. The van der Waals surface area contributed by atoms with Gasteiger partial charge in [0.05, 0.1) is 10.6 Å². The Morgan fingerprint density at radius 3 is 2.71 bits per heavy atom. The van der Waals surface area contributed by atoms with Crippen molar-refractivity contribution in [1.82, 2.24) is 10.2 Å². The van der Waals surface area contributed by atoms with E-state index in [4.69, 9.17) is 23.2 Å². The molecule has 3 rings (SSSR count). The van der Waals surface area contributed by atoms with Crippen LogP contribution in [-0.2, 0) is 6.54 Å². The van der Waals surface area contributed by atoms with Crippen LogP contribution in [0.4, 0.5) is 0 Å². The minimum atomic E-state index is -0.136. The van der Waals surface area contributed by atoms with Crippen molar-refractivity contribution in [2.75, 3.05) is 13.1 Å². The lowest BCUT2D eigenvalue weighted by atomic mass is 10.0. The summed E-state index contributed by atoms with van der Waals surface area (Å²) in [6.07, 6.45) is 2.06. The SMILES string of the molecule is O=C(N[C@@H]1CCCN(Cc2ccccc2)C1)c1ccc(Cl)cc1Cl. The number of carbonyl (C=O) groups is 1. The number of hydrogen-bond acceptors (Lipinski definition) is 2. The number of halogens is 2. The molecule has 2 aromatic carbocycles. The van der Waals surface area contributed by atoms with Crippen molar-refractivity contribution in [3.63, 3.8) is 0 Å². The molecule has 1 saturated heterocycles. The Hall–Kier alpha value is -1.55. The topological polar surface area (TPSA) is 32.3 Å². The first-order valence-electron chi connectivity index (χ1n) is 8.14. The molecule has 1 aliphatic heterocycles. The zero-order chi connectivity index (χ0) is 16.9. The molecule has 5 heteroatoms. The zero-order valence-electron chi connectivity index (χ0n) is 13.3. The van der Waals surface area contributed by atoms with Crippen LogP contribution in [0.5, 0.6) is 0 Å². The van der Waals surface area contributed by atoms with Gasteiger partial charge in [-0.1, -0.05) is 53.5 Å². The third-order valence-corrected chi connectivity index (χ3v) is 4.81. The number of likely N-dealkylation sites (tertiary alicyclic amines) is 1. The molecule has 0 aromatic heterocycles. The summed E-state index contributed by atoms with van der Waals surface area (Å²) in [5.74, 6) is -0.136. The molecule has 1 fully saturated rings. The fraction of sp³-hybridized carbons (Fsp3) is 0.316. The molecule has 0 aliphatic carbocycles. The Morgan fingerprint density at radius 2 is 1.96 bits per heavy atom. The Bertz CT molecular complexity index is 706. The van der Waals surface area contributed by atoms with Gasteiger partial charge in [-0.15, -0.1) is 0 Å². The number of hydrogen-bond donors (Lipinski definition) is 1. The highest BCUT2D eigenvalue weighted by Crippen LogP contribution is 2.21. The lowest BCUT2D eigenvalue weighted by Gasteiger charge is -2.33. The molecule has 126 valence electrons. The largest absolute Gasteiger partial charge is 0.348 e. The standard InChI is InChI=1S/C19H20Cl2N2O/c20-15-8-9-17(18(21)11-15)19(24)22-16-7-4-10-23(13-16)12-14-5-2-1-3-6-14/h1-3,5-6,8-9,11,16H,4,7,10,12-13H2,(H,22,24)/t16-/m1/s1. The number of rotatable bonds is 4. The van der Waals surface area contributed by atoms with Crippen LogP contribution in [-0.4, -0.2) is 29.9 Å². The molecule has 0 bridgehead atoms. The normalized spacial score (nSPS) is 18.3. The fourth-order valence-corrected chi connectivity index (χ4v) is 3.59. The van der Waals surface area contributed by atoms with Crippen molar-refractivity contribution in [1.29, 1.82) is 0 Å². The van der Waals surface area contributed by atoms with Gasteiger partial charge in [-0.2, -0.15) is 0 Å². The molecule has 1 aliphatic rings. The van der Waals surface area contributed by atoms with Crippen molar-refractivity contribution >= 4 is 29.1 Å². The highest BCUT2D eigenvalue weighted by atomic mass is 35.5. The summed E-state index contributed by atoms with van der Waals surface area (Å²) in [6.45, 7) is 2.82. The molecule has 0 radical (unpaired) electrons. The van der Waals surface area contributed by atoms with Crippen LogP contribution in [0.25, 0.3) is 0 Å². The Morgan fingerprint density at radius 1 is 1.17 bits per heavy atom. The second kappa shape index (κ2) is 8.02. The van der Waals surface area contributed by atoms with E-state index in [-0.39, 0.29) is 11.9 Å². The van der Waals surface area contributed by atoms with E-state index >= 15 is 0 Å². The molecule has 2 aromatic rings. The number of carbonyl (C=O) groups excluding carboxylic acids is 1. The van der Waals surface area contributed by atoms with Gasteiger partial charge in [-0.25, -0.2) is 0 Å². The second-order valence-corrected chi connectivity index (χ2v) is 7.00. The van der Waals surface area contributed by atoms with Crippen molar-refractivity contribution < 1.29 is 4.79 Å². The summed E-state index contributed by atoms with van der Waals surface area (Å²) >= 11 is 12.0. The van der Waals surface area contributed by atoms with Crippen molar-refractivity contribution in [2.24, 2.45) is 0 Å². The van der Waals surface area contributed by atoms with Gasteiger partial charge in [-0.3, -0.25) is 9.69 Å². The summed E-state index contributed by atoms with van der Waals surface area (Å²) in [6, 6.07) is 15.5. The maximum atomic E-state index is 12.5. The second-order valence-electron chi connectivity index (χ2n) is 6.16. The molecule has 1 atom stereocenters. The van der Waals surface area contributed by atoms with E-state index in [1.54, 1.807) is 18.2 Å². The van der Waals surface area contributed by atoms with E-state index in [0.29, 0.717) is 15.6 Å². The summed E-state index contributed by atoms with van der Waals surface area (Å²) in [7, 11) is 0. The lowest BCUT2D eigenvalue weighted by Crippen LogP contribution is -2.47. The monoisotopic (exact) mass is 362 g/mol. The van der Waals surface area contributed by atoms with Crippen LogP contribution in [0.3, 0.4) is 0 Å². The van der Waals surface area contributed by atoms with Crippen molar-refractivity contribution in [3.8, 4) is 0 Å². The third kappa shape index (κ3) is 4.50. The predicted octanol–water partition coefficient (Wildman–Crippen LogP) is 4.39. The number of amides is 1. The molecule has 0 spiro atoms. The Balaban J connectivity index is 1.59. The first kappa shape index (κ1) is 17.3. The van der Waals surface area contributed by atoms with Gasteiger partial charge in [0.2, 0.25) is 0 Å². The van der Waals surface area contributed by atoms with Gasteiger partial charge < -0.3 is 5.32 Å². The minimum absolute atomic E-state index is 0.136. The molecule has 1 heterocycles. The number of nitrogens with one attached hydrogen (secondary N) is 1. The molecule has 1 N–H and O–H groups in total. The van der Waals surface area contributed by atoms with Crippen molar-refractivity contribution in [3.05, 3.63) is 69.7 Å². The summed E-state index contributed by atoms with van der Waals surface area (Å²) in [5, 5.41) is 4.02. The highest BCUT2D eigenvalue weighted by molar-refractivity contribution is 6.36. The maximum absolute atomic E-state index is 12.5. The summed E-state index contributed by atoms with van der Waals surface area (Å²) < 4.78 is 0. The maximum Gasteiger partial charge on any atom is 0.253 e. The Kier molecular flexibility index (Phi) is 5.77. The van der Waals surface area contributed by atoms with Gasteiger partial charge >= 0.3 is 0 Å². The van der Waals surface area contributed by atoms with Gasteiger partial charge in [0, 0.05) is 24.2 Å². The van der Waals surface area contributed by atoms with Gasteiger partial charge in [0.15, 0.2) is 0 Å². The highest BCUT2D eigenvalue weighted by Gasteiger charge is 2.22. The van der Waals surface area contributed by atoms with E-state index in [2.05, 4.69) is 34.5 Å². The van der Waals surface area contributed by atoms with Gasteiger partial charge in [-0.05, 0) is 43.1 Å². The zero-order valence-corrected chi connectivity index (χ0v) is 14.9. The molecular weight excluding hydrogens is 343 g/mol. The van der Waals surface area contributed by atoms with Crippen LogP contribution >= 0.6 is 23.2 Å². The fourth-order valence-electron chi connectivity index (χ4n) is 3.10. The van der Waals surface area contributed by atoms with Crippen LogP contribution in [0.15, 0.2) is 48.5 Å². The average molecular weight is 363 g/mol. The molecule has 3 nitrogen and oxygen atoms in total. The van der Waals surface area contributed by atoms with Crippen LogP contribution in [0.2, 0.25) is 10.0 Å². The number of benzene rings is 2. The number of nitrogens with zero attached hydrogens (tertiary/aromatic N) is 1. The minimum Gasteiger partial charge on any atom is -0.348 e. The van der Waals surface area contributed by atoms with E-state index in [9.17, 15) is 4.79 Å². The lowest BCUT2D eigenvalue weighted by molar-refractivity contribution is 0.0901. The van der Waals surface area contributed by atoms with E-state index in [1.165, 1.54) is 5.56 Å². The molecule has 0 unspecified atom stereocenters. The van der Waals surface area contributed by atoms with Gasteiger partial charge in [0.1, 0.15) is 0 Å². The molecule has 1 amide bonds. The Labute approximate surface area is 152 Å². The molecular formula is C19H20Cl2N2O. The van der Waals surface area contributed by atoms with E-state index in [1.807, 2.05) is 6.07 Å². The summed E-state index contributed by atoms with van der Waals surface area (Å²) in [5.41, 5.74) is 1.77. The molecule has 0 saturated carbocycles. The first-order chi connectivity index (χ1) is 11.6. The van der Waals surface area contributed by atoms with Gasteiger partial charge in [0.25, 0.3) is 5.91 Å². The van der Waals surface area contributed by atoms with Crippen LogP contribution in [0.1, 0.15) is 28.8 Å². The first-order valence-corrected chi connectivity index (χ1v) is 8.89.